The van der Waals surface area contributed by atoms with Gasteiger partial charge in [0, 0.05) is 0 Å². The SMILES string of the molecule is CCCCCCCC(C)(C(F)(F)F)C(F)(F)F. The molecule has 6 heteroatoms. The minimum absolute atomic E-state index is 0.0461. The smallest absolute Gasteiger partial charge is 0.170 e. The predicted octanol–water partition coefficient (Wildman–Crippen LogP) is 5.48. The Kier molecular flexibility index (Phi) is 5.81. The van der Waals surface area contributed by atoms with Crippen LogP contribution < -0.4 is 0 Å². The summed E-state index contributed by atoms with van der Waals surface area (Å²) in [5, 5.41) is 0. The first kappa shape index (κ1) is 16.6. The molecule has 0 saturated carbocycles. The van der Waals surface area contributed by atoms with Crippen molar-refractivity contribution in [3.63, 3.8) is 0 Å². The molecule has 0 spiro atoms. The average Bonchev–Trinajstić information content (AvgIpc) is 2.13. The highest BCUT2D eigenvalue weighted by molar-refractivity contribution is 4.89. The molecule has 0 heterocycles. The molecular weight excluding hydrogens is 246 g/mol. The van der Waals surface area contributed by atoms with E-state index in [4.69, 9.17) is 0 Å². The lowest BCUT2D eigenvalue weighted by Crippen LogP contribution is -2.47. The summed E-state index contributed by atoms with van der Waals surface area (Å²) in [6, 6.07) is 0. The Hall–Kier alpha value is -0.420. The Balaban J connectivity index is 4.44. The first-order valence-electron chi connectivity index (χ1n) is 5.69. The van der Waals surface area contributed by atoms with Crippen LogP contribution in [-0.2, 0) is 0 Å². The van der Waals surface area contributed by atoms with E-state index in [1.165, 1.54) is 0 Å². The van der Waals surface area contributed by atoms with E-state index in [2.05, 4.69) is 0 Å². The molecule has 0 rings (SSSR count). The highest BCUT2D eigenvalue weighted by atomic mass is 19.4. The highest BCUT2D eigenvalue weighted by Gasteiger charge is 2.66. The zero-order chi connectivity index (χ0) is 13.7. The molecule has 0 saturated heterocycles. The minimum atomic E-state index is -5.24. The van der Waals surface area contributed by atoms with Crippen molar-refractivity contribution >= 4 is 0 Å². The lowest BCUT2D eigenvalue weighted by atomic mass is 9.83. The van der Waals surface area contributed by atoms with Crippen molar-refractivity contribution in [2.45, 2.75) is 64.7 Å². The molecule has 0 aromatic heterocycles. The predicted molar refractivity (Wildman–Crippen MR) is 53.6 cm³/mol. The van der Waals surface area contributed by atoms with Gasteiger partial charge in [0.05, 0.1) is 0 Å². The van der Waals surface area contributed by atoms with Crippen LogP contribution in [-0.4, -0.2) is 12.4 Å². The number of unbranched alkanes of at least 4 members (excludes halogenated alkanes) is 4. The Morgan fingerprint density at radius 1 is 0.706 bits per heavy atom. The van der Waals surface area contributed by atoms with Crippen molar-refractivity contribution in [2.24, 2.45) is 5.41 Å². The van der Waals surface area contributed by atoms with Crippen LogP contribution in [0.15, 0.2) is 0 Å². The van der Waals surface area contributed by atoms with Crippen molar-refractivity contribution in [3.05, 3.63) is 0 Å². The molecule has 0 amide bonds. The summed E-state index contributed by atoms with van der Waals surface area (Å²) < 4.78 is 74.7. The van der Waals surface area contributed by atoms with Crippen LogP contribution in [0.4, 0.5) is 26.3 Å². The van der Waals surface area contributed by atoms with E-state index >= 15 is 0 Å². The van der Waals surface area contributed by atoms with Gasteiger partial charge in [-0.25, -0.2) is 0 Å². The highest BCUT2D eigenvalue weighted by Crippen LogP contribution is 2.53. The fourth-order valence-corrected chi connectivity index (χ4v) is 1.53. The van der Waals surface area contributed by atoms with E-state index in [9.17, 15) is 26.3 Å². The number of hydrogen-bond donors (Lipinski definition) is 0. The zero-order valence-electron chi connectivity index (χ0n) is 10.0. The van der Waals surface area contributed by atoms with Crippen molar-refractivity contribution in [2.75, 3.05) is 0 Å². The summed E-state index contributed by atoms with van der Waals surface area (Å²) in [7, 11) is 0. The molecule has 0 N–H and O–H groups in total. The normalized spacial score (nSPS) is 14.1. The topological polar surface area (TPSA) is 0 Å². The van der Waals surface area contributed by atoms with Crippen LogP contribution in [0.3, 0.4) is 0 Å². The van der Waals surface area contributed by atoms with Gasteiger partial charge in [0.15, 0.2) is 5.41 Å². The van der Waals surface area contributed by atoms with Gasteiger partial charge in [-0.05, 0) is 13.3 Å². The average molecular weight is 264 g/mol. The van der Waals surface area contributed by atoms with E-state index in [0.29, 0.717) is 12.8 Å². The molecule has 0 atom stereocenters. The Morgan fingerprint density at radius 2 is 1.12 bits per heavy atom. The Labute approximate surface area is 97.4 Å². The zero-order valence-corrected chi connectivity index (χ0v) is 10.0. The quantitative estimate of drug-likeness (QED) is 0.440. The second-order valence-electron chi connectivity index (χ2n) is 4.49. The maximum absolute atomic E-state index is 12.5. The molecule has 0 aliphatic rings. The van der Waals surface area contributed by atoms with Gasteiger partial charge in [-0.15, -0.1) is 0 Å². The molecule has 0 nitrogen and oxygen atoms in total. The standard InChI is InChI=1S/C11H18F6/c1-3-4-5-6-7-8-9(2,10(12,13)14)11(15,16)17/h3-8H2,1-2H3. The molecule has 0 bridgehead atoms. The van der Waals surface area contributed by atoms with E-state index in [1.54, 1.807) is 0 Å². The summed E-state index contributed by atoms with van der Waals surface area (Å²) in [5.41, 5.74) is -3.58. The van der Waals surface area contributed by atoms with Gasteiger partial charge in [-0.1, -0.05) is 39.0 Å². The molecule has 0 aromatic carbocycles. The second-order valence-corrected chi connectivity index (χ2v) is 4.49. The van der Waals surface area contributed by atoms with Crippen molar-refractivity contribution in [1.82, 2.24) is 0 Å². The fourth-order valence-electron chi connectivity index (χ4n) is 1.53. The molecule has 17 heavy (non-hydrogen) atoms. The van der Waals surface area contributed by atoms with Gasteiger partial charge in [0.25, 0.3) is 0 Å². The third kappa shape index (κ3) is 4.39. The van der Waals surface area contributed by atoms with Crippen LogP contribution in [0.1, 0.15) is 52.4 Å². The third-order valence-electron chi connectivity index (χ3n) is 3.03. The molecule has 0 unspecified atom stereocenters. The summed E-state index contributed by atoms with van der Waals surface area (Å²) >= 11 is 0. The maximum Gasteiger partial charge on any atom is 0.402 e. The van der Waals surface area contributed by atoms with Crippen molar-refractivity contribution in [1.29, 1.82) is 0 Å². The number of hydrogen-bond acceptors (Lipinski definition) is 0. The number of halogens is 6. The monoisotopic (exact) mass is 264 g/mol. The first-order chi connectivity index (χ1) is 7.56. The Morgan fingerprint density at radius 3 is 1.47 bits per heavy atom. The molecular formula is C11H18F6. The summed E-state index contributed by atoms with van der Waals surface area (Å²) in [5.74, 6) is 0. The summed E-state index contributed by atoms with van der Waals surface area (Å²) in [4.78, 5) is 0. The van der Waals surface area contributed by atoms with Gasteiger partial charge in [0.1, 0.15) is 0 Å². The van der Waals surface area contributed by atoms with Crippen molar-refractivity contribution in [3.8, 4) is 0 Å². The molecule has 0 aliphatic heterocycles. The van der Waals surface area contributed by atoms with E-state index in [1.807, 2.05) is 6.92 Å². The molecule has 0 fully saturated rings. The maximum atomic E-state index is 12.5. The molecule has 0 aromatic rings. The lowest BCUT2D eigenvalue weighted by Gasteiger charge is -2.34. The van der Waals surface area contributed by atoms with Crippen LogP contribution in [0.25, 0.3) is 0 Å². The summed E-state index contributed by atoms with van der Waals surface area (Å²) in [6.45, 7) is 2.17. The molecule has 0 radical (unpaired) electrons. The Bertz CT molecular complexity index is 201. The fraction of sp³-hybridized carbons (Fsp3) is 1.00. The third-order valence-corrected chi connectivity index (χ3v) is 3.03. The first-order valence-corrected chi connectivity index (χ1v) is 5.69. The van der Waals surface area contributed by atoms with Gasteiger partial charge in [-0.3, -0.25) is 0 Å². The van der Waals surface area contributed by atoms with E-state index in [0.717, 1.165) is 12.8 Å². The van der Waals surface area contributed by atoms with E-state index in [-0.39, 0.29) is 13.3 Å². The minimum Gasteiger partial charge on any atom is -0.170 e. The second kappa shape index (κ2) is 5.96. The molecule has 104 valence electrons. The van der Waals surface area contributed by atoms with Gasteiger partial charge >= 0.3 is 12.4 Å². The molecule has 0 aliphatic carbocycles. The van der Waals surface area contributed by atoms with Crippen molar-refractivity contribution < 1.29 is 26.3 Å². The summed E-state index contributed by atoms with van der Waals surface area (Å²) in [6.07, 6.45) is -8.58. The van der Waals surface area contributed by atoms with Gasteiger partial charge in [-0.2, -0.15) is 26.3 Å². The number of alkyl halides is 6. The largest absolute Gasteiger partial charge is 0.402 e. The van der Waals surface area contributed by atoms with Gasteiger partial charge < -0.3 is 0 Å². The van der Waals surface area contributed by atoms with Crippen LogP contribution >= 0.6 is 0 Å². The number of rotatable bonds is 6. The van der Waals surface area contributed by atoms with Crippen LogP contribution in [0.2, 0.25) is 0 Å². The lowest BCUT2D eigenvalue weighted by molar-refractivity contribution is -0.336. The van der Waals surface area contributed by atoms with Crippen LogP contribution in [0.5, 0.6) is 0 Å². The van der Waals surface area contributed by atoms with Crippen LogP contribution in [0, 0.1) is 5.41 Å². The van der Waals surface area contributed by atoms with E-state index < -0.39 is 24.2 Å². The van der Waals surface area contributed by atoms with Gasteiger partial charge in [0.2, 0.25) is 0 Å².